The molecule has 0 saturated carbocycles. The summed E-state index contributed by atoms with van der Waals surface area (Å²) in [5, 5.41) is 0. The summed E-state index contributed by atoms with van der Waals surface area (Å²) in [7, 11) is 0. The number of ether oxygens (including phenoxy) is 1. The maximum absolute atomic E-state index is 9.89. The minimum Gasteiger partial charge on any atom is -1.00 e. The van der Waals surface area contributed by atoms with E-state index in [1.807, 2.05) is 0 Å². The molecule has 0 aromatic rings. The van der Waals surface area contributed by atoms with Gasteiger partial charge in [-0.3, -0.25) is 0 Å². The first kappa shape index (κ1) is 16.1. The van der Waals surface area contributed by atoms with Gasteiger partial charge < -0.3 is 21.7 Å². The van der Waals surface area contributed by atoms with Gasteiger partial charge in [-0.2, -0.15) is 0 Å². The quantitative estimate of drug-likeness (QED) is 0.281. The Labute approximate surface area is 77.9 Å². The molecule has 1 radical (unpaired) electrons. The maximum atomic E-state index is 9.89. The molecular weight excluding hydrogens is 237 g/mol. The second-order valence-electron chi connectivity index (χ2n) is 0.845. The number of esters is 1. The van der Waals surface area contributed by atoms with Crippen molar-refractivity contribution < 1.29 is 46.0 Å². The van der Waals surface area contributed by atoms with Crippen molar-refractivity contribution in [2.75, 3.05) is 6.61 Å². The van der Waals surface area contributed by atoms with Crippen molar-refractivity contribution in [3.05, 3.63) is 6.42 Å². The Hall–Kier alpha value is 0.133. The number of hydrogen-bond donors (Lipinski definition) is 0. The van der Waals surface area contributed by atoms with Crippen LogP contribution in [-0.4, -0.2) is 12.6 Å². The molecule has 0 spiro atoms. The third kappa shape index (κ3) is 11.6. The Morgan fingerprint density at radius 1 is 1.78 bits per heavy atom. The van der Waals surface area contributed by atoms with Gasteiger partial charge in [0.2, 0.25) is 0 Å². The molecule has 0 aromatic carbocycles. The Morgan fingerprint density at radius 2 is 2.22 bits per heavy atom. The van der Waals surface area contributed by atoms with E-state index in [1.54, 1.807) is 12.8 Å². The van der Waals surface area contributed by atoms with Crippen LogP contribution in [0.25, 0.3) is 0 Å². The number of hydrogen-bond acceptors (Lipinski definition) is 2. The first-order chi connectivity index (χ1) is 3.31. The van der Waals surface area contributed by atoms with E-state index in [9.17, 15) is 4.79 Å². The van der Waals surface area contributed by atoms with Gasteiger partial charge in [0.1, 0.15) is 0 Å². The predicted octanol–water partition coefficient (Wildman–Crippen LogP) is -2.86. The molecule has 0 amide bonds. The zero-order valence-corrected chi connectivity index (χ0v) is 9.66. The van der Waals surface area contributed by atoms with E-state index in [2.05, 4.69) is 4.74 Å². The van der Waals surface area contributed by atoms with Crippen molar-refractivity contribution in [3.8, 4) is 5.92 Å². The molecular formula is C5H5BrO2Zn-. The van der Waals surface area contributed by atoms with Crippen LogP contribution in [0.1, 0.15) is 6.92 Å². The molecule has 0 bridgehead atoms. The van der Waals surface area contributed by atoms with Crippen LogP contribution in [0.15, 0.2) is 0 Å². The smallest absolute Gasteiger partial charge is 0.385 e. The Kier molecular flexibility index (Phi) is 19.6. The second-order valence-corrected chi connectivity index (χ2v) is 0.845. The molecule has 0 saturated heterocycles. The van der Waals surface area contributed by atoms with Gasteiger partial charge in [0.05, 0.1) is 6.61 Å². The SMILES string of the molecule is [Br-].[C]#CC(=O)OCC.[Zn]. The van der Waals surface area contributed by atoms with E-state index in [-0.39, 0.29) is 36.5 Å². The van der Waals surface area contributed by atoms with E-state index >= 15 is 0 Å². The molecule has 2 nitrogen and oxygen atoms in total. The van der Waals surface area contributed by atoms with Gasteiger partial charge in [0.25, 0.3) is 0 Å². The first-order valence-electron chi connectivity index (χ1n) is 1.90. The van der Waals surface area contributed by atoms with Gasteiger partial charge >= 0.3 is 5.97 Å². The van der Waals surface area contributed by atoms with Gasteiger partial charge in [-0.25, -0.2) is 4.79 Å². The normalized spacial score (nSPS) is 5.33. The minimum absolute atomic E-state index is 0. The summed E-state index contributed by atoms with van der Waals surface area (Å²) >= 11 is 0. The Bertz CT molecular complexity index is 108. The van der Waals surface area contributed by atoms with Crippen LogP contribution in [0.3, 0.4) is 0 Å². The van der Waals surface area contributed by atoms with Crippen LogP contribution < -0.4 is 17.0 Å². The van der Waals surface area contributed by atoms with Crippen LogP contribution in [0.4, 0.5) is 0 Å². The molecule has 47 valence electrons. The average Bonchev–Trinajstić information content (AvgIpc) is 1.68. The molecule has 0 aliphatic rings. The summed E-state index contributed by atoms with van der Waals surface area (Å²) in [6, 6.07) is 0. The summed E-state index contributed by atoms with van der Waals surface area (Å²) in [6.07, 6.45) is 6.19. The third-order valence-corrected chi connectivity index (χ3v) is 0.377. The van der Waals surface area contributed by atoms with Crippen LogP contribution in [0.2, 0.25) is 0 Å². The van der Waals surface area contributed by atoms with Gasteiger partial charge in [0, 0.05) is 25.4 Å². The van der Waals surface area contributed by atoms with Crippen LogP contribution in [0, 0.1) is 12.3 Å². The largest absolute Gasteiger partial charge is 1.00 e. The van der Waals surface area contributed by atoms with Gasteiger partial charge in [-0.1, -0.05) is 0 Å². The summed E-state index contributed by atoms with van der Waals surface area (Å²) in [5.74, 6) is 0.849. The van der Waals surface area contributed by atoms with E-state index in [0.29, 0.717) is 6.61 Å². The predicted molar refractivity (Wildman–Crippen MR) is 23.8 cm³/mol. The topological polar surface area (TPSA) is 26.3 Å². The molecule has 0 fully saturated rings. The standard InChI is InChI=1S/C5H5O2.BrH.Zn/c1-3-5(6)7-4-2;;/h4H2,2H3;1H;/p-1. The maximum Gasteiger partial charge on any atom is 0.385 e. The van der Waals surface area contributed by atoms with E-state index in [4.69, 9.17) is 6.42 Å². The molecule has 4 heteroatoms. The van der Waals surface area contributed by atoms with Crippen molar-refractivity contribution in [2.45, 2.75) is 6.92 Å². The van der Waals surface area contributed by atoms with Crippen molar-refractivity contribution in [1.82, 2.24) is 0 Å². The fourth-order valence-corrected chi connectivity index (χ4v) is 0.167. The van der Waals surface area contributed by atoms with Crippen molar-refractivity contribution in [3.63, 3.8) is 0 Å². The van der Waals surface area contributed by atoms with Crippen LogP contribution >= 0.6 is 0 Å². The van der Waals surface area contributed by atoms with E-state index in [1.165, 1.54) is 0 Å². The zero-order valence-electron chi connectivity index (χ0n) is 5.11. The molecule has 0 unspecified atom stereocenters. The van der Waals surface area contributed by atoms with Crippen LogP contribution in [0.5, 0.6) is 0 Å². The minimum atomic E-state index is -0.706. The molecule has 0 aliphatic carbocycles. The number of halogens is 1. The van der Waals surface area contributed by atoms with Gasteiger partial charge in [0.15, 0.2) is 0 Å². The average molecular weight is 242 g/mol. The van der Waals surface area contributed by atoms with E-state index < -0.39 is 5.97 Å². The van der Waals surface area contributed by atoms with Gasteiger partial charge in [-0.05, 0) is 13.3 Å². The Morgan fingerprint density at radius 3 is 2.33 bits per heavy atom. The van der Waals surface area contributed by atoms with Crippen LogP contribution in [-0.2, 0) is 29.0 Å². The molecule has 0 atom stereocenters. The summed E-state index contributed by atoms with van der Waals surface area (Å²) in [6.45, 7) is 1.99. The molecule has 0 heterocycles. The molecule has 9 heavy (non-hydrogen) atoms. The fraction of sp³-hybridized carbons (Fsp3) is 0.400. The van der Waals surface area contributed by atoms with Crippen molar-refractivity contribution in [2.24, 2.45) is 0 Å². The molecule has 0 aliphatic heterocycles. The third-order valence-electron chi connectivity index (χ3n) is 0.377. The van der Waals surface area contributed by atoms with E-state index in [0.717, 1.165) is 0 Å². The van der Waals surface area contributed by atoms with Gasteiger partial charge in [-0.15, -0.1) is 0 Å². The zero-order chi connectivity index (χ0) is 5.70. The number of rotatable bonds is 1. The summed E-state index contributed by atoms with van der Waals surface area (Å²) in [5.41, 5.74) is 0. The first-order valence-corrected chi connectivity index (χ1v) is 1.90. The second kappa shape index (κ2) is 11.0. The fourth-order valence-electron chi connectivity index (χ4n) is 0.167. The van der Waals surface area contributed by atoms with Crippen molar-refractivity contribution >= 4 is 5.97 Å². The van der Waals surface area contributed by atoms with Crippen molar-refractivity contribution in [1.29, 1.82) is 0 Å². The monoisotopic (exact) mass is 240 g/mol. The number of carbonyl (C=O) groups excluding carboxylic acids is 1. The summed E-state index contributed by atoms with van der Waals surface area (Å²) in [4.78, 5) is 9.89. The Balaban J connectivity index is -0.000000180. The number of carbonyl (C=O) groups is 1. The summed E-state index contributed by atoms with van der Waals surface area (Å²) < 4.78 is 4.25. The molecule has 0 rings (SSSR count). The molecule has 0 N–H and O–H groups in total. The molecule has 0 aromatic heterocycles.